The molecule has 6 heteroatoms. The minimum Gasteiger partial charge on any atom is -0.469 e. The largest absolute Gasteiger partial charge is 0.469 e. The number of ether oxygens (including phenoxy) is 3. The summed E-state index contributed by atoms with van der Waals surface area (Å²) in [6.45, 7) is 6.36. The van der Waals surface area contributed by atoms with Crippen molar-refractivity contribution < 1.29 is 28.8 Å². The van der Waals surface area contributed by atoms with Crippen molar-refractivity contribution in [2.24, 2.45) is 23.7 Å². The molecule has 136 valence electrons. The predicted molar refractivity (Wildman–Crippen MR) is 83.5 cm³/mol. The van der Waals surface area contributed by atoms with Crippen LogP contribution in [0.15, 0.2) is 0 Å². The highest BCUT2D eigenvalue weighted by Crippen LogP contribution is 2.60. The zero-order valence-electron chi connectivity index (χ0n) is 14.9. The second kappa shape index (κ2) is 5.66. The minimum absolute atomic E-state index is 0.185. The highest BCUT2D eigenvalue weighted by molar-refractivity contribution is 5.69. The third-order valence-electron chi connectivity index (χ3n) is 6.89. The van der Waals surface area contributed by atoms with Crippen LogP contribution in [0.1, 0.15) is 52.9 Å². The van der Waals surface area contributed by atoms with Crippen LogP contribution in [0.5, 0.6) is 0 Å². The number of carbonyl (C=O) groups is 1. The lowest BCUT2D eigenvalue weighted by Crippen LogP contribution is -2.70. The fourth-order valence-corrected chi connectivity index (χ4v) is 5.46. The molecule has 0 aromatic heterocycles. The number of hydrogen-bond acceptors (Lipinski definition) is 6. The molecule has 0 radical (unpaired) electrons. The summed E-state index contributed by atoms with van der Waals surface area (Å²) in [5, 5.41) is 0. The van der Waals surface area contributed by atoms with Crippen LogP contribution in [0.4, 0.5) is 0 Å². The fraction of sp³-hybridized carbons (Fsp3) is 0.944. The molecule has 5 fully saturated rings. The Balaban J connectivity index is 1.71. The molecule has 0 aromatic carbocycles. The van der Waals surface area contributed by atoms with E-state index >= 15 is 0 Å². The summed E-state index contributed by atoms with van der Waals surface area (Å²) in [6, 6.07) is 0. The Kier molecular flexibility index (Phi) is 3.95. The summed E-state index contributed by atoms with van der Waals surface area (Å²) >= 11 is 0. The predicted octanol–water partition coefficient (Wildman–Crippen LogP) is 2.80. The quantitative estimate of drug-likeness (QED) is 0.569. The van der Waals surface area contributed by atoms with Crippen LogP contribution in [0.25, 0.3) is 0 Å². The molecule has 6 nitrogen and oxygen atoms in total. The zero-order chi connectivity index (χ0) is 17.1. The van der Waals surface area contributed by atoms with Gasteiger partial charge in [0.15, 0.2) is 11.9 Å². The summed E-state index contributed by atoms with van der Waals surface area (Å²) in [5.74, 6) is 0.329. The highest BCUT2D eigenvalue weighted by atomic mass is 17.3. The summed E-state index contributed by atoms with van der Waals surface area (Å²) in [5.41, 5.74) is -0.556. The molecule has 1 spiro atoms. The third-order valence-corrected chi connectivity index (χ3v) is 6.89. The molecule has 4 saturated heterocycles. The van der Waals surface area contributed by atoms with E-state index < -0.39 is 17.7 Å². The first-order chi connectivity index (χ1) is 11.4. The minimum atomic E-state index is -0.770. The van der Waals surface area contributed by atoms with E-state index in [9.17, 15) is 4.79 Å². The molecule has 1 aliphatic carbocycles. The van der Waals surface area contributed by atoms with Crippen molar-refractivity contribution in [2.75, 3.05) is 7.11 Å². The van der Waals surface area contributed by atoms with E-state index in [0.29, 0.717) is 11.8 Å². The number of fused-ring (bicyclic) bond motifs is 2. The number of esters is 1. The van der Waals surface area contributed by atoms with Crippen molar-refractivity contribution in [1.29, 1.82) is 0 Å². The topological polar surface area (TPSA) is 63.2 Å². The molecule has 5 rings (SSSR count). The maximum atomic E-state index is 11.8. The van der Waals surface area contributed by atoms with Gasteiger partial charge >= 0.3 is 5.97 Å². The number of methoxy groups -OCH3 is 1. The van der Waals surface area contributed by atoms with Crippen LogP contribution >= 0.6 is 0 Å². The molecule has 4 aliphatic heterocycles. The summed E-state index contributed by atoms with van der Waals surface area (Å²) < 4.78 is 17.4. The first kappa shape index (κ1) is 16.8. The molecule has 4 heterocycles. The molecule has 0 aromatic rings. The maximum Gasteiger partial charge on any atom is 0.308 e. The Morgan fingerprint density at radius 2 is 1.96 bits per heavy atom. The number of hydrogen-bond donors (Lipinski definition) is 0. The van der Waals surface area contributed by atoms with Gasteiger partial charge in [-0.05, 0) is 43.9 Å². The Morgan fingerprint density at radius 1 is 1.17 bits per heavy atom. The first-order valence-electron chi connectivity index (χ1n) is 9.16. The van der Waals surface area contributed by atoms with E-state index in [4.69, 9.17) is 24.0 Å². The molecule has 0 N–H and O–H groups in total. The smallest absolute Gasteiger partial charge is 0.308 e. The van der Waals surface area contributed by atoms with Crippen molar-refractivity contribution in [3.63, 3.8) is 0 Å². The summed E-state index contributed by atoms with van der Waals surface area (Å²) in [4.78, 5) is 23.6. The van der Waals surface area contributed by atoms with Gasteiger partial charge in [0, 0.05) is 12.3 Å². The van der Waals surface area contributed by atoms with Gasteiger partial charge in [-0.3, -0.25) is 4.79 Å². The normalized spacial score (nSPS) is 53.2. The maximum absolute atomic E-state index is 11.8. The molecule has 2 bridgehead atoms. The van der Waals surface area contributed by atoms with Crippen LogP contribution in [-0.4, -0.2) is 36.9 Å². The van der Waals surface area contributed by atoms with Gasteiger partial charge < -0.3 is 14.2 Å². The van der Waals surface area contributed by atoms with Gasteiger partial charge in [0.1, 0.15) is 0 Å². The second-order valence-corrected chi connectivity index (χ2v) is 8.22. The monoisotopic (exact) mass is 340 g/mol. The Labute approximate surface area is 143 Å². The van der Waals surface area contributed by atoms with E-state index in [0.717, 1.165) is 19.3 Å². The molecular weight excluding hydrogens is 312 g/mol. The molecule has 24 heavy (non-hydrogen) atoms. The van der Waals surface area contributed by atoms with E-state index in [2.05, 4.69) is 13.8 Å². The van der Waals surface area contributed by atoms with E-state index in [1.54, 1.807) is 0 Å². The van der Waals surface area contributed by atoms with Gasteiger partial charge in [0.2, 0.25) is 5.79 Å². The van der Waals surface area contributed by atoms with Crippen LogP contribution < -0.4 is 0 Å². The zero-order valence-corrected chi connectivity index (χ0v) is 14.9. The molecule has 5 aliphatic rings. The van der Waals surface area contributed by atoms with Crippen molar-refractivity contribution in [1.82, 2.24) is 0 Å². The molecular formula is C18H28O6. The lowest BCUT2D eigenvalue weighted by atomic mass is 9.57. The lowest BCUT2D eigenvalue weighted by Gasteiger charge is -2.60. The van der Waals surface area contributed by atoms with E-state index in [1.807, 2.05) is 6.92 Å². The van der Waals surface area contributed by atoms with Crippen LogP contribution in [-0.2, 0) is 28.8 Å². The molecule has 0 amide bonds. The SMILES string of the molecule is COC(=O)C[C@H]1O[C@@H]2O[C@@]3(C)CC[C@H]4[C@H](C)CC[C@@H]([C@H]1C)[C@@]24OO3. The average Bonchev–Trinajstić information content (AvgIpc) is 2.78. The van der Waals surface area contributed by atoms with Crippen molar-refractivity contribution in [3.8, 4) is 0 Å². The van der Waals surface area contributed by atoms with Crippen molar-refractivity contribution >= 4 is 5.97 Å². The first-order valence-corrected chi connectivity index (χ1v) is 9.16. The Hall–Kier alpha value is -0.690. The van der Waals surface area contributed by atoms with Crippen LogP contribution in [0.2, 0.25) is 0 Å². The van der Waals surface area contributed by atoms with Gasteiger partial charge in [-0.2, -0.15) is 0 Å². The van der Waals surface area contributed by atoms with Gasteiger partial charge in [-0.25, -0.2) is 9.78 Å². The highest BCUT2D eigenvalue weighted by Gasteiger charge is 2.69. The van der Waals surface area contributed by atoms with Crippen molar-refractivity contribution in [3.05, 3.63) is 0 Å². The van der Waals surface area contributed by atoms with Gasteiger partial charge in [-0.1, -0.05) is 13.8 Å². The van der Waals surface area contributed by atoms with Gasteiger partial charge in [0.05, 0.1) is 19.6 Å². The van der Waals surface area contributed by atoms with Gasteiger partial charge in [0.25, 0.3) is 0 Å². The standard InChI is InChI=1S/C18H28O6/c1-10-5-6-13-11(2)14(9-15(19)20-4)21-16-18(13)12(10)7-8-17(3,22-16)23-24-18/h10-14,16H,5-9H2,1-4H3/t10-,11-,12+,13+,14-,16-,17-,18-/m1/s1. The number of carbonyl (C=O) groups excluding carboxylic acids is 1. The van der Waals surface area contributed by atoms with Crippen LogP contribution in [0, 0.1) is 23.7 Å². The second-order valence-electron chi connectivity index (χ2n) is 8.22. The van der Waals surface area contributed by atoms with E-state index in [-0.39, 0.29) is 30.3 Å². The lowest BCUT2D eigenvalue weighted by molar-refractivity contribution is -0.571. The Morgan fingerprint density at radius 3 is 2.71 bits per heavy atom. The summed E-state index contributed by atoms with van der Waals surface area (Å²) in [6.07, 6.45) is 3.58. The molecule has 8 atom stereocenters. The average molecular weight is 340 g/mol. The Bertz CT molecular complexity index is 524. The van der Waals surface area contributed by atoms with E-state index in [1.165, 1.54) is 13.5 Å². The molecule has 1 saturated carbocycles. The summed E-state index contributed by atoms with van der Waals surface area (Å²) in [7, 11) is 1.41. The number of rotatable bonds is 2. The molecule has 0 unspecified atom stereocenters. The van der Waals surface area contributed by atoms with Crippen LogP contribution in [0.3, 0.4) is 0 Å². The van der Waals surface area contributed by atoms with Crippen molar-refractivity contribution in [2.45, 2.75) is 76.7 Å². The third kappa shape index (κ3) is 2.26. The fourth-order valence-electron chi connectivity index (χ4n) is 5.46. The van der Waals surface area contributed by atoms with Gasteiger partial charge in [-0.15, -0.1) is 0 Å².